The molecule has 3 nitrogen and oxygen atoms in total. The molecule has 0 aliphatic heterocycles. The Hall–Kier alpha value is -0.930. The summed E-state index contributed by atoms with van der Waals surface area (Å²) in [6.45, 7) is 9.03. The minimum absolute atomic E-state index is 0.119. The van der Waals surface area contributed by atoms with E-state index in [0.29, 0.717) is 6.61 Å². The van der Waals surface area contributed by atoms with E-state index in [2.05, 4.69) is 25.8 Å². The number of pyridine rings is 1. The van der Waals surface area contributed by atoms with Crippen LogP contribution in [0.4, 0.5) is 0 Å². The topological polar surface area (TPSA) is 48.1 Å². The standard InChI is InChI=1S/C14H24N2O/c1-5-14(6-2,17-7-3)13(15)12-10-16-9-8-11(12)4/h8-10,13H,5-7,15H2,1-4H3. The first-order chi connectivity index (χ1) is 8.11. The fourth-order valence-electron chi connectivity index (χ4n) is 2.36. The maximum Gasteiger partial charge on any atom is 0.0869 e. The highest BCUT2D eigenvalue weighted by molar-refractivity contribution is 5.27. The van der Waals surface area contributed by atoms with Gasteiger partial charge in [0, 0.05) is 19.0 Å². The van der Waals surface area contributed by atoms with Crippen molar-refractivity contribution in [3.8, 4) is 0 Å². The second kappa shape index (κ2) is 6.12. The van der Waals surface area contributed by atoms with Crippen LogP contribution in [-0.4, -0.2) is 17.2 Å². The summed E-state index contributed by atoms with van der Waals surface area (Å²) in [6, 6.07) is 1.88. The maximum atomic E-state index is 6.42. The quantitative estimate of drug-likeness (QED) is 0.826. The molecule has 1 heterocycles. The second-order valence-electron chi connectivity index (χ2n) is 4.41. The summed E-state index contributed by atoms with van der Waals surface area (Å²) in [6.07, 6.45) is 5.48. The van der Waals surface area contributed by atoms with Gasteiger partial charge < -0.3 is 10.5 Å². The van der Waals surface area contributed by atoms with E-state index >= 15 is 0 Å². The van der Waals surface area contributed by atoms with Crippen LogP contribution in [0, 0.1) is 6.92 Å². The molecular weight excluding hydrogens is 212 g/mol. The van der Waals surface area contributed by atoms with Crippen molar-refractivity contribution in [2.45, 2.75) is 52.2 Å². The van der Waals surface area contributed by atoms with E-state index in [-0.39, 0.29) is 11.6 Å². The van der Waals surface area contributed by atoms with Crippen LogP contribution in [0.25, 0.3) is 0 Å². The SMILES string of the molecule is CCOC(CC)(CC)C(N)c1cnccc1C. The molecular formula is C14H24N2O. The number of hydrogen-bond donors (Lipinski definition) is 1. The fourth-order valence-corrected chi connectivity index (χ4v) is 2.36. The summed E-state index contributed by atoms with van der Waals surface area (Å²) in [7, 11) is 0. The van der Waals surface area contributed by atoms with Gasteiger partial charge in [-0.25, -0.2) is 0 Å². The summed E-state index contributed by atoms with van der Waals surface area (Å²) in [5.74, 6) is 0. The lowest BCUT2D eigenvalue weighted by molar-refractivity contribution is -0.0647. The van der Waals surface area contributed by atoms with E-state index in [1.165, 1.54) is 5.56 Å². The molecule has 0 fully saturated rings. The predicted octanol–water partition coefficient (Wildman–Crippen LogP) is 2.99. The van der Waals surface area contributed by atoms with Crippen molar-refractivity contribution in [1.29, 1.82) is 0 Å². The van der Waals surface area contributed by atoms with Crippen LogP contribution in [0.15, 0.2) is 18.5 Å². The Balaban J connectivity index is 3.07. The van der Waals surface area contributed by atoms with Gasteiger partial charge in [-0.05, 0) is 43.9 Å². The largest absolute Gasteiger partial charge is 0.373 e. The Bertz CT molecular complexity index is 348. The summed E-state index contributed by atoms with van der Waals surface area (Å²) >= 11 is 0. The lowest BCUT2D eigenvalue weighted by Gasteiger charge is -2.37. The third kappa shape index (κ3) is 2.85. The summed E-state index contributed by atoms with van der Waals surface area (Å²) in [5, 5.41) is 0. The van der Waals surface area contributed by atoms with Gasteiger partial charge in [0.2, 0.25) is 0 Å². The first kappa shape index (κ1) is 14.1. The van der Waals surface area contributed by atoms with Crippen LogP contribution in [0.1, 0.15) is 50.8 Å². The predicted molar refractivity (Wildman–Crippen MR) is 70.8 cm³/mol. The maximum absolute atomic E-state index is 6.42. The van der Waals surface area contributed by atoms with Gasteiger partial charge in [0.15, 0.2) is 0 Å². The monoisotopic (exact) mass is 236 g/mol. The van der Waals surface area contributed by atoms with Gasteiger partial charge in [-0.2, -0.15) is 0 Å². The second-order valence-corrected chi connectivity index (χ2v) is 4.41. The van der Waals surface area contributed by atoms with Gasteiger partial charge in [0.25, 0.3) is 0 Å². The molecule has 17 heavy (non-hydrogen) atoms. The first-order valence-electron chi connectivity index (χ1n) is 6.41. The first-order valence-corrected chi connectivity index (χ1v) is 6.41. The van der Waals surface area contributed by atoms with Gasteiger partial charge in [0.1, 0.15) is 0 Å². The molecule has 0 radical (unpaired) electrons. The minimum atomic E-state index is -0.275. The molecule has 0 saturated heterocycles. The van der Waals surface area contributed by atoms with E-state index < -0.39 is 0 Å². The highest BCUT2D eigenvalue weighted by Crippen LogP contribution is 2.34. The number of aryl methyl sites for hydroxylation is 1. The molecule has 1 unspecified atom stereocenters. The van der Waals surface area contributed by atoms with E-state index in [1.807, 2.05) is 19.2 Å². The Kier molecular flexibility index (Phi) is 5.09. The molecule has 1 aromatic rings. The van der Waals surface area contributed by atoms with E-state index in [9.17, 15) is 0 Å². The zero-order valence-electron chi connectivity index (χ0n) is 11.4. The number of hydrogen-bond acceptors (Lipinski definition) is 3. The van der Waals surface area contributed by atoms with Gasteiger partial charge in [-0.3, -0.25) is 4.98 Å². The van der Waals surface area contributed by atoms with Gasteiger partial charge in [-0.15, -0.1) is 0 Å². The lowest BCUT2D eigenvalue weighted by atomic mass is 9.83. The van der Waals surface area contributed by atoms with Crippen LogP contribution >= 0.6 is 0 Å². The average molecular weight is 236 g/mol. The molecule has 1 atom stereocenters. The van der Waals surface area contributed by atoms with Crippen molar-refractivity contribution in [2.24, 2.45) is 5.73 Å². The van der Waals surface area contributed by atoms with Crippen LogP contribution < -0.4 is 5.73 Å². The molecule has 0 amide bonds. The highest BCUT2D eigenvalue weighted by atomic mass is 16.5. The average Bonchev–Trinajstić information content (AvgIpc) is 2.36. The summed E-state index contributed by atoms with van der Waals surface area (Å²) in [4.78, 5) is 4.17. The third-order valence-electron chi connectivity index (χ3n) is 3.61. The van der Waals surface area contributed by atoms with Crippen molar-refractivity contribution in [3.05, 3.63) is 29.6 Å². The number of aromatic nitrogens is 1. The molecule has 0 aliphatic carbocycles. The van der Waals surface area contributed by atoms with Crippen LogP contribution in [0.2, 0.25) is 0 Å². The Labute approximate surface area is 104 Å². The van der Waals surface area contributed by atoms with Gasteiger partial charge >= 0.3 is 0 Å². The molecule has 1 rings (SSSR count). The van der Waals surface area contributed by atoms with E-state index in [0.717, 1.165) is 18.4 Å². The molecule has 0 bridgehead atoms. The van der Waals surface area contributed by atoms with Crippen LogP contribution in [-0.2, 0) is 4.74 Å². The highest BCUT2D eigenvalue weighted by Gasteiger charge is 2.35. The fraction of sp³-hybridized carbons (Fsp3) is 0.643. The molecule has 0 saturated carbocycles. The van der Waals surface area contributed by atoms with Crippen LogP contribution in [0.5, 0.6) is 0 Å². The van der Waals surface area contributed by atoms with Crippen molar-refractivity contribution in [1.82, 2.24) is 4.98 Å². The van der Waals surface area contributed by atoms with Crippen molar-refractivity contribution in [3.63, 3.8) is 0 Å². The zero-order chi connectivity index (χ0) is 12.9. The number of ether oxygens (including phenoxy) is 1. The molecule has 0 spiro atoms. The number of nitrogens with zero attached hydrogens (tertiary/aromatic N) is 1. The Morgan fingerprint density at radius 2 is 2.00 bits per heavy atom. The summed E-state index contributed by atoms with van der Waals surface area (Å²) < 4.78 is 5.95. The molecule has 0 aromatic carbocycles. The smallest absolute Gasteiger partial charge is 0.0869 e. The van der Waals surface area contributed by atoms with E-state index in [1.54, 1.807) is 6.20 Å². The normalized spacial score (nSPS) is 13.7. The Morgan fingerprint density at radius 1 is 1.35 bits per heavy atom. The molecule has 96 valence electrons. The summed E-state index contributed by atoms with van der Waals surface area (Å²) in [5.41, 5.74) is 8.41. The van der Waals surface area contributed by atoms with Crippen LogP contribution in [0.3, 0.4) is 0 Å². The minimum Gasteiger partial charge on any atom is -0.373 e. The van der Waals surface area contributed by atoms with Crippen molar-refractivity contribution in [2.75, 3.05) is 6.61 Å². The van der Waals surface area contributed by atoms with Gasteiger partial charge in [0.05, 0.1) is 11.6 Å². The number of nitrogens with two attached hydrogens (primary N) is 1. The lowest BCUT2D eigenvalue weighted by Crippen LogP contribution is -2.43. The zero-order valence-corrected chi connectivity index (χ0v) is 11.4. The van der Waals surface area contributed by atoms with E-state index in [4.69, 9.17) is 10.5 Å². The Morgan fingerprint density at radius 3 is 2.47 bits per heavy atom. The molecule has 3 heteroatoms. The number of rotatable bonds is 6. The van der Waals surface area contributed by atoms with Crippen molar-refractivity contribution >= 4 is 0 Å². The third-order valence-corrected chi connectivity index (χ3v) is 3.61. The molecule has 0 aliphatic rings. The molecule has 2 N–H and O–H groups in total. The molecule has 1 aromatic heterocycles. The van der Waals surface area contributed by atoms with Crippen molar-refractivity contribution < 1.29 is 4.74 Å². The van der Waals surface area contributed by atoms with Gasteiger partial charge in [-0.1, -0.05) is 13.8 Å².